The number of ether oxygens (including phenoxy) is 1. The number of likely N-dealkylation sites (tertiary alicyclic amines) is 1. The van der Waals surface area contributed by atoms with Gasteiger partial charge in [-0.25, -0.2) is 13.9 Å². The van der Waals surface area contributed by atoms with Crippen molar-refractivity contribution in [2.45, 2.75) is 19.8 Å². The van der Waals surface area contributed by atoms with Crippen LogP contribution in [0.25, 0.3) is 27.7 Å². The Morgan fingerprint density at radius 2 is 2.00 bits per heavy atom. The third-order valence-electron chi connectivity index (χ3n) is 8.14. The summed E-state index contributed by atoms with van der Waals surface area (Å²) in [5.41, 5.74) is 3.63. The Kier molecular flexibility index (Phi) is 5.88. The van der Waals surface area contributed by atoms with E-state index in [0.717, 1.165) is 65.2 Å². The summed E-state index contributed by atoms with van der Waals surface area (Å²) in [7, 11) is 0. The molecule has 2 aliphatic heterocycles. The molecule has 0 bridgehead atoms. The van der Waals surface area contributed by atoms with Crippen molar-refractivity contribution in [3.05, 3.63) is 71.4 Å². The summed E-state index contributed by atoms with van der Waals surface area (Å²) < 4.78 is 21.9. The van der Waals surface area contributed by atoms with Crippen molar-refractivity contribution in [1.82, 2.24) is 29.7 Å². The zero-order chi connectivity index (χ0) is 27.4. The number of nitrogens with zero attached hydrogens (tertiary/aromatic N) is 6. The second-order valence-electron chi connectivity index (χ2n) is 10.6. The summed E-state index contributed by atoms with van der Waals surface area (Å²) in [4.78, 5) is 21.7. The van der Waals surface area contributed by atoms with Gasteiger partial charge < -0.3 is 14.5 Å². The molecular weight excluding hydrogens is 533 g/mol. The molecule has 11 heteroatoms. The summed E-state index contributed by atoms with van der Waals surface area (Å²) in [5, 5.41) is 12.8. The highest BCUT2D eigenvalue weighted by atomic mass is 35.5. The molecule has 0 saturated carbocycles. The minimum atomic E-state index is -0.574. The van der Waals surface area contributed by atoms with Crippen molar-refractivity contribution in [1.29, 1.82) is 0 Å². The number of pyridine rings is 2. The average Bonchev–Trinajstić information content (AvgIpc) is 3.53. The quantitative estimate of drug-likeness (QED) is 0.318. The number of nitrogens with one attached hydrogen (secondary N) is 1. The minimum absolute atomic E-state index is 0.0331. The van der Waals surface area contributed by atoms with E-state index in [1.165, 1.54) is 12.1 Å². The number of benzene rings is 1. The van der Waals surface area contributed by atoms with Crippen LogP contribution in [0.2, 0.25) is 5.02 Å². The molecule has 2 fully saturated rings. The van der Waals surface area contributed by atoms with Crippen LogP contribution in [0.3, 0.4) is 0 Å². The van der Waals surface area contributed by atoms with Gasteiger partial charge in [-0.05, 0) is 50.1 Å². The molecule has 9 nitrogen and oxygen atoms in total. The lowest BCUT2D eigenvalue weighted by molar-refractivity contribution is -0.00820. The predicted octanol–water partition coefficient (Wildman–Crippen LogP) is 5.21. The van der Waals surface area contributed by atoms with Gasteiger partial charge in [0.2, 0.25) is 0 Å². The molecular formula is C29H27ClFN7O2. The Morgan fingerprint density at radius 1 is 1.18 bits per heavy atom. The highest BCUT2D eigenvalue weighted by Gasteiger charge is 2.47. The summed E-state index contributed by atoms with van der Waals surface area (Å²) in [5.74, 6) is 0.749. The van der Waals surface area contributed by atoms with Gasteiger partial charge in [0.05, 0.1) is 40.5 Å². The third-order valence-corrected chi connectivity index (χ3v) is 8.45. The number of rotatable bonds is 5. The first-order valence-electron chi connectivity index (χ1n) is 13.4. The Hall–Kier alpha value is -4.18. The number of hydrogen-bond donors (Lipinski definition) is 1. The van der Waals surface area contributed by atoms with Gasteiger partial charge in [-0.15, -0.1) is 5.10 Å². The highest BCUT2D eigenvalue weighted by Crippen LogP contribution is 2.42. The fraction of sp³-hybridized carbons (Fsp3) is 0.310. The molecule has 1 aromatic carbocycles. The van der Waals surface area contributed by atoms with Gasteiger partial charge in [0.1, 0.15) is 17.4 Å². The smallest absolute Gasteiger partial charge is 0.258 e. The van der Waals surface area contributed by atoms with Gasteiger partial charge in [-0.3, -0.25) is 9.89 Å². The van der Waals surface area contributed by atoms with E-state index in [0.29, 0.717) is 19.7 Å². The second-order valence-corrected chi connectivity index (χ2v) is 11.0. The number of piperidine rings is 1. The highest BCUT2D eigenvalue weighted by molar-refractivity contribution is 6.33. The average molecular weight is 560 g/mol. The molecule has 7 rings (SSSR count). The molecule has 2 aliphatic rings. The maximum atomic E-state index is 14.2. The SMILES string of the molecule is CCOc1cc(-c2ccc(N3CCC4(CC3)CN(C(=O)c3c(F)cccc3Cl)C4)nc2)c2c3cn[nH]c3nn2c1. The molecule has 40 heavy (non-hydrogen) atoms. The van der Waals surface area contributed by atoms with Crippen molar-refractivity contribution in [3.63, 3.8) is 0 Å². The third kappa shape index (κ3) is 4.05. The number of aromatic amines is 1. The van der Waals surface area contributed by atoms with Crippen LogP contribution in [-0.2, 0) is 0 Å². The summed E-state index contributed by atoms with van der Waals surface area (Å²) >= 11 is 6.11. The monoisotopic (exact) mass is 559 g/mol. The van der Waals surface area contributed by atoms with E-state index < -0.39 is 5.82 Å². The van der Waals surface area contributed by atoms with Gasteiger partial charge >= 0.3 is 0 Å². The first-order chi connectivity index (χ1) is 19.4. The predicted molar refractivity (Wildman–Crippen MR) is 150 cm³/mol. The summed E-state index contributed by atoms with van der Waals surface area (Å²) in [6.45, 7) is 5.45. The van der Waals surface area contributed by atoms with Crippen LogP contribution >= 0.6 is 11.6 Å². The Morgan fingerprint density at radius 3 is 2.73 bits per heavy atom. The van der Waals surface area contributed by atoms with E-state index in [-0.39, 0.29) is 21.9 Å². The molecule has 1 N–H and O–H groups in total. The van der Waals surface area contributed by atoms with Crippen LogP contribution in [0.1, 0.15) is 30.1 Å². The molecule has 1 spiro atoms. The minimum Gasteiger partial charge on any atom is -0.492 e. The first kappa shape index (κ1) is 24.8. The van der Waals surface area contributed by atoms with Crippen molar-refractivity contribution in [3.8, 4) is 16.9 Å². The van der Waals surface area contributed by atoms with Gasteiger partial charge in [0, 0.05) is 48.9 Å². The van der Waals surface area contributed by atoms with Crippen LogP contribution in [-0.4, -0.2) is 68.4 Å². The second kappa shape index (κ2) is 9.48. The van der Waals surface area contributed by atoms with Crippen LogP contribution < -0.4 is 9.64 Å². The van der Waals surface area contributed by atoms with Gasteiger partial charge in [-0.1, -0.05) is 17.7 Å². The van der Waals surface area contributed by atoms with Crippen molar-refractivity contribution in [2.75, 3.05) is 37.7 Å². The molecule has 204 valence electrons. The number of hydrogen-bond acceptors (Lipinski definition) is 6. The van der Waals surface area contributed by atoms with Crippen molar-refractivity contribution >= 4 is 39.9 Å². The van der Waals surface area contributed by atoms with E-state index in [4.69, 9.17) is 21.3 Å². The van der Waals surface area contributed by atoms with E-state index in [9.17, 15) is 9.18 Å². The molecule has 4 aromatic heterocycles. The lowest BCUT2D eigenvalue weighted by Crippen LogP contribution is -2.62. The fourth-order valence-electron chi connectivity index (χ4n) is 6.03. The first-order valence-corrected chi connectivity index (χ1v) is 13.8. The summed E-state index contributed by atoms with van der Waals surface area (Å²) in [6.07, 6.45) is 7.44. The number of H-pyrrole nitrogens is 1. The van der Waals surface area contributed by atoms with Crippen LogP contribution in [0.4, 0.5) is 10.2 Å². The lowest BCUT2D eigenvalue weighted by Gasteiger charge is -2.54. The van der Waals surface area contributed by atoms with Crippen LogP contribution in [0.5, 0.6) is 5.75 Å². The molecule has 0 atom stereocenters. The molecule has 0 unspecified atom stereocenters. The number of anilines is 1. The lowest BCUT2D eigenvalue weighted by atomic mass is 9.71. The number of halogens is 2. The molecule has 1 amide bonds. The Balaban J connectivity index is 1.06. The van der Waals surface area contributed by atoms with Crippen molar-refractivity contribution < 1.29 is 13.9 Å². The number of carbonyl (C=O) groups excluding carboxylic acids is 1. The van der Waals surface area contributed by atoms with Gasteiger partial charge in [0.15, 0.2) is 5.65 Å². The van der Waals surface area contributed by atoms with Gasteiger partial charge in [0.25, 0.3) is 5.91 Å². The number of amides is 1. The van der Waals surface area contributed by atoms with Crippen LogP contribution in [0, 0.1) is 11.2 Å². The standard InChI is InChI=1S/C29H27ClFN7O2/c1-2-40-19-12-20(26-21-14-33-34-27(21)35-38(26)15-19)18-6-7-24(32-13-18)36-10-8-29(9-11-36)16-37(17-29)28(39)25-22(30)4-3-5-23(25)31/h3-7,12-15H,2,8-11,16-17H2,1H3,(H,34,35). The molecule has 0 radical (unpaired) electrons. The Bertz CT molecular complexity index is 1710. The maximum Gasteiger partial charge on any atom is 0.258 e. The van der Waals surface area contributed by atoms with E-state index in [1.807, 2.05) is 29.9 Å². The van der Waals surface area contributed by atoms with Gasteiger partial charge in [-0.2, -0.15) is 5.10 Å². The topological polar surface area (TPSA) is 91.6 Å². The fourth-order valence-corrected chi connectivity index (χ4v) is 6.28. The Labute approximate surface area is 234 Å². The molecule has 0 aliphatic carbocycles. The number of fused-ring (bicyclic) bond motifs is 3. The molecule has 2 saturated heterocycles. The number of aromatic nitrogens is 5. The van der Waals surface area contributed by atoms with Crippen LogP contribution in [0.15, 0.2) is 55.0 Å². The van der Waals surface area contributed by atoms with E-state index >= 15 is 0 Å². The van der Waals surface area contributed by atoms with E-state index in [1.54, 1.807) is 17.2 Å². The maximum absolute atomic E-state index is 14.2. The summed E-state index contributed by atoms with van der Waals surface area (Å²) in [6, 6.07) is 10.5. The number of carbonyl (C=O) groups is 1. The largest absolute Gasteiger partial charge is 0.492 e. The molecule has 5 aromatic rings. The zero-order valence-electron chi connectivity index (χ0n) is 21.9. The van der Waals surface area contributed by atoms with Crippen molar-refractivity contribution in [2.24, 2.45) is 5.41 Å². The normalized spacial score (nSPS) is 16.6. The zero-order valence-corrected chi connectivity index (χ0v) is 22.7. The van der Waals surface area contributed by atoms with E-state index in [2.05, 4.69) is 32.3 Å². The molecule has 6 heterocycles.